The topological polar surface area (TPSA) is 49.6 Å². The number of nitrogens with zero attached hydrogens (tertiary/aromatic N) is 2. The third kappa shape index (κ3) is 4.92. The van der Waals surface area contributed by atoms with Crippen molar-refractivity contribution in [3.63, 3.8) is 0 Å². The van der Waals surface area contributed by atoms with Gasteiger partial charge in [-0.3, -0.25) is 9.69 Å². The molecule has 2 N–H and O–H groups in total. The lowest BCUT2D eigenvalue weighted by Gasteiger charge is -2.37. The van der Waals surface area contributed by atoms with Crippen molar-refractivity contribution in [2.24, 2.45) is 11.7 Å². The van der Waals surface area contributed by atoms with Gasteiger partial charge in [-0.15, -0.1) is 0 Å². The zero-order chi connectivity index (χ0) is 18.6. The van der Waals surface area contributed by atoms with Gasteiger partial charge in [-0.2, -0.15) is 8.78 Å². The molecule has 1 heterocycles. The summed E-state index contributed by atoms with van der Waals surface area (Å²) < 4.78 is 50.8. The zero-order valence-electron chi connectivity index (χ0n) is 14.0. The predicted molar refractivity (Wildman–Crippen MR) is 86.5 cm³/mol. The van der Waals surface area contributed by atoms with Crippen molar-refractivity contribution in [2.45, 2.75) is 25.3 Å². The van der Waals surface area contributed by atoms with E-state index in [9.17, 15) is 22.4 Å². The molecule has 0 aliphatic carbocycles. The number of benzene rings is 1. The van der Waals surface area contributed by atoms with Crippen LogP contribution >= 0.6 is 0 Å². The highest BCUT2D eigenvalue weighted by Crippen LogP contribution is 2.25. The van der Waals surface area contributed by atoms with Gasteiger partial charge in [-0.1, -0.05) is 37.3 Å². The normalized spacial score (nSPS) is 19.1. The van der Waals surface area contributed by atoms with Gasteiger partial charge in [0, 0.05) is 32.2 Å². The van der Waals surface area contributed by atoms with Gasteiger partial charge in [-0.05, 0) is 5.56 Å². The summed E-state index contributed by atoms with van der Waals surface area (Å²) in [6, 6.07) is 8.77. The maximum Gasteiger partial charge on any atom is 0.319 e. The summed E-state index contributed by atoms with van der Waals surface area (Å²) in [5.74, 6) is -4.65. The fourth-order valence-electron chi connectivity index (χ4n) is 2.90. The molecule has 0 aromatic heterocycles. The quantitative estimate of drug-likeness (QED) is 0.792. The van der Waals surface area contributed by atoms with Crippen LogP contribution in [0, 0.1) is 5.92 Å². The fraction of sp³-hybridized carbons (Fsp3) is 0.588. The van der Waals surface area contributed by atoms with Crippen LogP contribution in [0.1, 0.15) is 18.5 Å². The molecule has 2 rings (SSSR count). The Labute approximate surface area is 144 Å². The summed E-state index contributed by atoms with van der Waals surface area (Å²) in [5.41, 5.74) is 7.00. The molecule has 2 atom stereocenters. The molecule has 25 heavy (non-hydrogen) atoms. The molecule has 1 aliphatic rings. The molecule has 4 nitrogen and oxygen atoms in total. The molecule has 1 aliphatic heterocycles. The van der Waals surface area contributed by atoms with Crippen molar-refractivity contribution in [2.75, 3.05) is 32.7 Å². The summed E-state index contributed by atoms with van der Waals surface area (Å²) in [6.07, 6.45) is -3.68. The van der Waals surface area contributed by atoms with Crippen molar-refractivity contribution >= 4 is 5.91 Å². The van der Waals surface area contributed by atoms with E-state index in [4.69, 9.17) is 5.73 Å². The highest BCUT2D eigenvalue weighted by atomic mass is 19.3. The molecule has 1 aromatic rings. The van der Waals surface area contributed by atoms with Crippen molar-refractivity contribution < 1.29 is 22.4 Å². The Balaban J connectivity index is 1.88. The lowest BCUT2D eigenvalue weighted by molar-refractivity contribution is -0.149. The van der Waals surface area contributed by atoms with Gasteiger partial charge in [0.25, 0.3) is 0 Å². The molecular weight excluding hydrogens is 338 g/mol. The van der Waals surface area contributed by atoms with Crippen LogP contribution in [0.25, 0.3) is 0 Å². The first-order valence-electron chi connectivity index (χ1n) is 8.20. The smallest absolute Gasteiger partial charge is 0.319 e. The van der Waals surface area contributed by atoms with Gasteiger partial charge in [0.2, 0.25) is 5.91 Å². The van der Waals surface area contributed by atoms with Crippen LogP contribution < -0.4 is 5.73 Å². The van der Waals surface area contributed by atoms with Crippen LogP contribution in [0.3, 0.4) is 0 Å². The van der Waals surface area contributed by atoms with Crippen LogP contribution in [-0.4, -0.2) is 60.8 Å². The number of carbonyl (C=O) groups excluding carboxylic acids is 1. The maximum atomic E-state index is 13.1. The van der Waals surface area contributed by atoms with Gasteiger partial charge >= 0.3 is 12.3 Å². The number of alkyl halides is 4. The van der Waals surface area contributed by atoms with Gasteiger partial charge in [0.05, 0.1) is 12.5 Å². The Morgan fingerprint density at radius 2 is 1.72 bits per heavy atom. The third-order valence-corrected chi connectivity index (χ3v) is 4.55. The molecule has 2 unspecified atom stereocenters. The lowest BCUT2D eigenvalue weighted by atomic mass is 9.94. The number of carbonyl (C=O) groups is 1. The summed E-state index contributed by atoms with van der Waals surface area (Å²) in [6.45, 7) is 1.47. The Kier molecular flexibility index (Phi) is 6.40. The number of halogens is 4. The predicted octanol–water partition coefficient (Wildman–Crippen LogP) is 2.37. The van der Waals surface area contributed by atoms with Crippen LogP contribution in [0.2, 0.25) is 0 Å². The molecule has 0 spiro atoms. The van der Waals surface area contributed by atoms with E-state index in [0.717, 1.165) is 5.56 Å². The van der Waals surface area contributed by atoms with Crippen molar-refractivity contribution in [1.29, 1.82) is 0 Å². The third-order valence-electron chi connectivity index (χ3n) is 4.55. The van der Waals surface area contributed by atoms with Crippen LogP contribution in [0.15, 0.2) is 30.3 Å². The Hall–Kier alpha value is -1.67. The second kappa shape index (κ2) is 8.14. The number of rotatable bonds is 6. The molecule has 1 fully saturated rings. The van der Waals surface area contributed by atoms with Crippen LogP contribution in [-0.2, 0) is 4.79 Å². The molecule has 1 saturated heterocycles. The minimum absolute atomic E-state index is 0.140. The van der Waals surface area contributed by atoms with Crippen molar-refractivity contribution in [3.8, 4) is 0 Å². The summed E-state index contributed by atoms with van der Waals surface area (Å²) in [4.78, 5) is 15.4. The molecule has 0 bridgehead atoms. The van der Waals surface area contributed by atoms with E-state index in [1.165, 1.54) is 4.90 Å². The summed E-state index contributed by atoms with van der Waals surface area (Å²) >= 11 is 0. The summed E-state index contributed by atoms with van der Waals surface area (Å²) in [7, 11) is 0. The maximum absolute atomic E-state index is 13.1. The number of hydrogen-bond donors (Lipinski definition) is 1. The van der Waals surface area contributed by atoms with Crippen LogP contribution in [0.4, 0.5) is 17.6 Å². The summed E-state index contributed by atoms with van der Waals surface area (Å²) in [5, 5.41) is 0. The molecule has 1 amide bonds. The zero-order valence-corrected chi connectivity index (χ0v) is 14.0. The first-order valence-corrected chi connectivity index (χ1v) is 8.20. The minimum atomic E-state index is -4.03. The Morgan fingerprint density at radius 3 is 2.24 bits per heavy atom. The van der Waals surface area contributed by atoms with Gasteiger partial charge < -0.3 is 10.6 Å². The first-order chi connectivity index (χ1) is 11.7. The van der Waals surface area contributed by atoms with Crippen molar-refractivity contribution in [3.05, 3.63) is 35.9 Å². The van der Waals surface area contributed by atoms with Gasteiger partial charge in [-0.25, -0.2) is 8.78 Å². The van der Waals surface area contributed by atoms with Crippen molar-refractivity contribution in [1.82, 2.24) is 9.80 Å². The van der Waals surface area contributed by atoms with E-state index in [2.05, 4.69) is 0 Å². The average molecular weight is 361 g/mol. The number of nitrogens with two attached hydrogens (primary N) is 1. The largest absolute Gasteiger partial charge is 0.340 e. The standard InChI is InChI=1S/C17H23F4N3O/c1-12(14(22)13-5-3-2-4-6-13)15(25)24-9-7-23(8-10-24)11-17(20,21)16(18)19/h2-6,12,14,16H,7-11,22H2,1H3. The van der Waals surface area contributed by atoms with E-state index in [0.29, 0.717) is 0 Å². The van der Waals surface area contributed by atoms with Crippen LogP contribution in [0.5, 0.6) is 0 Å². The van der Waals surface area contributed by atoms with E-state index in [1.807, 2.05) is 30.3 Å². The minimum Gasteiger partial charge on any atom is -0.340 e. The second-order valence-electron chi connectivity index (χ2n) is 6.39. The number of amides is 1. The van der Waals surface area contributed by atoms with E-state index < -0.39 is 30.9 Å². The molecule has 8 heteroatoms. The molecular formula is C17H23F4N3O. The highest BCUT2D eigenvalue weighted by molar-refractivity contribution is 5.79. The second-order valence-corrected chi connectivity index (χ2v) is 6.39. The van der Waals surface area contributed by atoms with E-state index >= 15 is 0 Å². The Bertz CT molecular complexity index is 562. The first kappa shape index (κ1) is 19.7. The molecule has 0 saturated carbocycles. The highest BCUT2D eigenvalue weighted by Gasteiger charge is 2.43. The fourth-order valence-corrected chi connectivity index (χ4v) is 2.90. The molecule has 140 valence electrons. The molecule has 0 radical (unpaired) electrons. The van der Waals surface area contributed by atoms with E-state index in [1.54, 1.807) is 11.8 Å². The SMILES string of the molecule is CC(C(=O)N1CCN(CC(F)(F)C(F)F)CC1)C(N)c1ccccc1. The average Bonchev–Trinajstić information content (AvgIpc) is 2.61. The Morgan fingerprint density at radius 1 is 1.16 bits per heavy atom. The number of hydrogen-bond acceptors (Lipinski definition) is 3. The monoisotopic (exact) mass is 361 g/mol. The number of piperazine rings is 1. The molecule has 1 aromatic carbocycles. The van der Waals surface area contributed by atoms with Gasteiger partial charge in [0.1, 0.15) is 0 Å². The van der Waals surface area contributed by atoms with Gasteiger partial charge in [0.15, 0.2) is 0 Å². The van der Waals surface area contributed by atoms with E-state index in [-0.39, 0.29) is 32.1 Å². The lowest BCUT2D eigenvalue weighted by Crippen LogP contribution is -2.54.